The van der Waals surface area contributed by atoms with E-state index in [4.69, 9.17) is 23.2 Å². The Morgan fingerprint density at radius 1 is 0.810 bits per heavy atom. The summed E-state index contributed by atoms with van der Waals surface area (Å²) >= 11 is 19.8. The van der Waals surface area contributed by atoms with E-state index in [1.165, 1.54) is 0 Å². The van der Waals surface area contributed by atoms with Crippen LogP contribution in [0.15, 0.2) is 63.5 Å². The number of hydrogen-bond acceptors (Lipinski definition) is 0. The van der Waals surface area contributed by atoms with Crippen LogP contribution in [0.4, 0.5) is 0 Å². The summed E-state index contributed by atoms with van der Waals surface area (Å²) in [4.78, 5) is 0. The van der Waals surface area contributed by atoms with E-state index < -0.39 is 0 Å². The van der Waals surface area contributed by atoms with Crippen LogP contribution in [-0.2, 0) is 0 Å². The number of fused-ring (bicyclic) bond motifs is 1. The highest BCUT2D eigenvalue weighted by Gasteiger charge is 2.15. The first-order valence-corrected chi connectivity index (χ1v) is 8.74. The molecule has 0 saturated carbocycles. The van der Waals surface area contributed by atoms with Gasteiger partial charge in [-0.25, -0.2) is 0 Å². The standard InChI is InChI=1S/C17H10Br2Cl2/c18-14-7-6-13(11-3-1-2-4-12(11)14)17(21)10-5-8-16(20)15(19)9-10/h1-9,17H. The van der Waals surface area contributed by atoms with Gasteiger partial charge < -0.3 is 0 Å². The van der Waals surface area contributed by atoms with Gasteiger partial charge >= 0.3 is 0 Å². The number of halogens is 4. The highest BCUT2D eigenvalue weighted by atomic mass is 79.9. The van der Waals surface area contributed by atoms with Gasteiger partial charge in [0, 0.05) is 8.95 Å². The average molecular weight is 445 g/mol. The van der Waals surface area contributed by atoms with Crippen LogP contribution in [0.5, 0.6) is 0 Å². The van der Waals surface area contributed by atoms with Crippen molar-refractivity contribution in [1.29, 1.82) is 0 Å². The SMILES string of the molecule is Clc1ccc(C(Cl)c2ccc(Br)c3ccccc23)cc1Br. The lowest BCUT2D eigenvalue weighted by Gasteiger charge is -2.15. The first-order valence-electron chi connectivity index (χ1n) is 6.34. The summed E-state index contributed by atoms with van der Waals surface area (Å²) < 4.78 is 1.93. The van der Waals surface area contributed by atoms with Crippen LogP contribution in [0.1, 0.15) is 16.5 Å². The van der Waals surface area contributed by atoms with Crippen molar-refractivity contribution in [2.24, 2.45) is 0 Å². The Bertz CT molecular complexity index is 815. The number of rotatable bonds is 2. The van der Waals surface area contributed by atoms with Gasteiger partial charge in [0.25, 0.3) is 0 Å². The molecule has 1 unspecified atom stereocenters. The van der Waals surface area contributed by atoms with Crippen molar-refractivity contribution in [3.05, 3.63) is 79.7 Å². The molecule has 0 aliphatic carbocycles. The Labute approximate surface area is 150 Å². The van der Waals surface area contributed by atoms with Gasteiger partial charge in [-0.05, 0) is 56.0 Å². The summed E-state index contributed by atoms with van der Waals surface area (Å²) in [5, 5.41) is 2.77. The Balaban J connectivity index is 2.15. The van der Waals surface area contributed by atoms with Gasteiger partial charge in [-0.1, -0.05) is 63.9 Å². The molecule has 0 saturated heterocycles. The average Bonchev–Trinajstić information content (AvgIpc) is 2.50. The van der Waals surface area contributed by atoms with Crippen molar-refractivity contribution >= 4 is 65.8 Å². The topological polar surface area (TPSA) is 0 Å². The molecule has 21 heavy (non-hydrogen) atoms. The first-order chi connectivity index (χ1) is 10.1. The Morgan fingerprint density at radius 2 is 1.52 bits per heavy atom. The molecule has 1 atom stereocenters. The van der Waals surface area contributed by atoms with E-state index in [-0.39, 0.29) is 5.38 Å². The van der Waals surface area contributed by atoms with E-state index in [2.05, 4.69) is 50.1 Å². The number of hydrogen-bond donors (Lipinski definition) is 0. The predicted octanol–water partition coefficient (Wildman–Crippen LogP) is 7.35. The molecule has 0 aromatic heterocycles. The number of benzene rings is 3. The van der Waals surface area contributed by atoms with Crippen LogP contribution in [0.25, 0.3) is 10.8 Å². The zero-order valence-electron chi connectivity index (χ0n) is 10.8. The summed E-state index contributed by atoms with van der Waals surface area (Å²) in [6.45, 7) is 0. The van der Waals surface area contributed by atoms with Crippen molar-refractivity contribution in [3.8, 4) is 0 Å². The van der Waals surface area contributed by atoms with E-state index in [1.54, 1.807) is 0 Å². The molecule has 3 aromatic carbocycles. The van der Waals surface area contributed by atoms with E-state index in [0.29, 0.717) is 5.02 Å². The Kier molecular flexibility index (Phi) is 4.60. The van der Waals surface area contributed by atoms with Crippen LogP contribution in [0.2, 0.25) is 5.02 Å². The minimum absolute atomic E-state index is 0.225. The molecular weight excluding hydrogens is 435 g/mol. The smallest absolute Gasteiger partial charge is 0.0841 e. The normalized spacial score (nSPS) is 12.6. The maximum absolute atomic E-state index is 6.71. The molecule has 3 aromatic rings. The molecule has 0 nitrogen and oxygen atoms in total. The monoisotopic (exact) mass is 442 g/mol. The zero-order valence-corrected chi connectivity index (χ0v) is 15.5. The molecule has 0 aliphatic heterocycles. The lowest BCUT2D eigenvalue weighted by molar-refractivity contribution is 1.15. The quantitative estimate of drug-likeness (QED) is 0.362. The van der Waals surface area contributed by atoms with Crippen LogP contribution in [0.3, 0.4) is 0 Å². The van der Waals surface area contributed by atoms with E-state index in [0.717, 1.165) is 30.8 Å². The van der Waals surface area contributed by atoms with Crippen molar-refractivity contribution in [2.75, 3.05) is 0 Å². The van der Waals surface area contributed by atoms with Gasteiger partial charge in [-0.3, -0.25) is 0 Å². The lowest BCUT2D eigenvalue weighted by Crippen LogP contribution is -1.95. The fourth-order valence-electron chi connectivity index (χ4n) is 2.36. The third-order valence-corrected chi connectivity index (χ3v) is 5.81. The second kappa shape index (κ2) is 6.29. The van der Waals surface area contributed by atoms with E-state index in [1.807, 2.05) is 36.4 Å². The molecule has 0 fully saturated rings. The molecule has 106 valence electrons. The van der Waals surface area contributed by atoms with Gasteiger partial charge in [-0.15, -0.1) is 11.6 Å². The van der Waals surface area contributed by atoms with Crippen molar-refractivity contribution in [1.82, 2.24) is 0 Å². The minimum atomic E-state index is -0.225. The highest BCUT2D eigenvalue weighted by Crippen LogP contribution is 2.38. The molecule has 0 N–H and O–H groups in total. The van der Waals surface area contributed by atoms with Gasteiger partial charge in [0.05, 0.1) is 10.4 Å². The Hall–Kier alpha value is -0.540. The Morgan fingerprint density at radius 3 is 2.24 bits per heavy atom. The summed E-state index contributed by atoms with van der Waals surface area (Å²) in [7, 11) is 0. The van der Waals surface area contributed by atoms with Crippen molar-refractivity contribution < 1.29 is 0 Å². The number of alkyl halides is 1. The van der Waals surface area contributed by atoms with E-state index in [9.17, 15) is 0 Å². The summed E-state index contributed by atoms with van der Waals surface area (Å²) in [6, 6.07) is 18.1. The molecule has 0 radical (unpaired) electrons. The predicted molar refractivity (Wildman–Crippen MR) is 98.5 cm³/mol. The van der Waals surface area contributed by atoms with Crippen LogP contribution in [-0.4, -0.2) is 0 Å². The zero-order chi connectivity index (χ0) is 15.0. The van der Waals surface area contributed by atoms with Gasteiger partial charge in [0.15, 0.2) is 0 Å². The van der Waals surface area contributed by atoms with Gasteiger partial charge in [0.2, 0.25) is 0 Å². The molecule has 3 rings (SSSR count). The molecule has 4 heteroatoms. The van der Waals surface area contributed by atoms with Crippen LogP contribution < -0.4 is 0 Å². The first kappa shape index (κ1) is 15.4. The second-order valence-corrected chi connectivity index (χ2v) is 7.27. The minimum Gasteiger partial charge on any atom is -0.113 e. The fraction of sp³-hybridized carbons (Fsp3) is 0.0588. The second-order valence-electron chi connectivity index (χ2n) is 4.72. The third-order valence-electron chi connectivity index (χ3n) is 3.41. The molecule has 0 bridgehead atoms. The summed E-state index contributed by atoms with van der Waals surface area (Å²) in [5.74, 6) is 0. The molecule has 0 spiro atoms. The van der Waals surface area contributed by atoms with Crippen molar-refractivity contribution in [3.63, 3.8) is 0 Å². The third kappa shape index (κ3) is 3.00. The molecule has 0 aliphatic rings. The fourth-order valence-corrected chi connectivity index (χ4v) is 3.67. The largest absolute Gasteiger partial charge is 0.113 e. The summed E-state index contributed by atoms with van der Waals surface area (Å²) in [5.41, 5.74) is 2.10. The highest BCUT2D eigenvalue weighted by molar-refractivity contribution is 9.11. The van der Waals surface area contributed by atoms with Crippen LogP contribution in [0, 0.1) is 0 Å². The maximum Gasteiger partial charge on any atom is 0.0841 e. The van der Waals surface area contributed by atoms with Gasteiger partial charge in [0.1, 0.15) is 0 Å². The van der Waals surface area contributed by atoms with E-state index >= 15 is 0 Å². The summed E-state index contributed by atoms with van der Waals surface area (Å²) in [6.07, 6.45) is 0. The van der Waals surface area contributed by atoms with Crippen molar-refractivity contribution in [2.45, 2.75) is 5.38 Å². The molecule has 0 heterocycles. The molecule has 0 amide bonds. The van der Waals surface area contributed by atoms with Crippen LogP contribution >= 0.6 is 55.1 Å². The maximum atomic E-state index is 6.71. The molecular formula is C17H10Br2Cl2. The lowest BCUT2D eigenvalue weighted by atomic mass is 9.98. The van der Waals surface area contributed by atoms with Gasteiger partial charge in [-0.2, -0.15) is 0 Å².